The fourth-order valence-electron chi connectivity index (χ4n) is 2.43. The fourth-order valence-corrected chi connectivity index (χ4v) is 6.10. The van der Waals surface area contributed by atoms with Gasteiger partial charge < -0.3 is 0 Å². The van der Waals surface area contributed by atoms with Crippen LogP contribution in [0.2, 0.25) is 0 Å². The van der Waals surface area contributed by atoms with Crippen molar-refractivity contribution in [2.75, 3.05) is 32.7 Å². The molecule has 0 radical (unpaired) electrons. The SMILES string of the molecule is CC(C)N(CP12(OCCO1)OCCO2)C(C)C. The Hall–Kier alpha value is 0.230. The van der Waals surface area contributed by atoms with Crippen LogP contribution in [-0.4, -0.2) is 49.7 Å². The van der Waals surface area contributed by atoms with Crippen molar-refractivity contribution in [3.8, 4) is 0 Å². The van der Waals surface area contributed by atoms with Crippen molar-refractivity contribution in [3.63, 3.8) is 0 Å². The first kappa shape index (κ1) is 13.7. The molecule has 2 aliphatic heterocycles. The summed E-state index contributed by atoms with van der Waals surface area (Å²) < 4.78 is 23.4. The standard InChI is InChI=1S/C11H24NO4P/c1-10(2)12(11(3)4)9-17(13-5-6-14-17)15-7-8-16-17/h10-11H,5-9H2,1-4H3. The Kier molecular flexibility index (Phi) is 3.79. The van der Waals surface area contributed by atoms with Gasteiger partial charge in [0.05, 0.1) is 0 Å². The van der Waals surface area contributed by atoms with Crippen LogP contribution in [0.5, 0.6) is 0 Å². The van der Waals surface area contributed by atoms with Gasteiger partial charge in [-0.15, -0.1) is 0 Å². The molecule has 1 spiro atoms. The van der Waals surface area contributed by atoms with Gasteiger partial charge in [0.15, 0.2) is 0 Å². The van der Waals surface area contributed by atoms with E-state index in [1.807, 2.05) is 0 Å². The summed E-state index contributed by atoms with van der Waals surface area (Å²) in [6.07, 6.45) is 0.612. The number of nitrogens with zero attached hydrogens (tertiary/aromatic N) is 1. The molecule has 0 aliphatic carbocycles. The number of rotatable bonds is 4. The van der Waals surface area contributed by atoms with E-state index in [1.165, 1.54) is 0 Å². The zero-order valence-corrected chi connectivity index (χ0v) is 12.1. The van der Waals surface area contributed by atoms with Crippen molar-refractivity contribution in [1.82, 2.24) is 4.90 Å². The van der Waals surface area contributed by atoms with Crippen LogP contribution in [-0.2, 0) is 18.1 Å². The van der Waals surface area contributed by atoms with E-state index in [0.717, 1.165) is 0 Å². The van der Waals surface area contributed by atoms with E-state index in [4.69, 9.17) is 18.1 Å². The molecule has 0 atom stereocenters. The van der Waals surface area contributed by atoms with Crippen molar-refractivity contribution in [3.05, 3.63) is 0 Å². The second-order valence-electron chi connectivity index (χ2n) is 5.14. The molecule has 6 heteroatoms. The monoisotopic (exact) mass is 265 g/mol. The molecule has 2 heterocycles. The minimum absolute atomic E-state index is 0.409. The summed E-state index contributed by atoms with van der Waals surface area (Å²) in [5.41, 5.74) is 0. The van der Waals surface area contributed by atoms with Crippen molar-refractivity contribution >= 4 is 7.51 Å². The summed E-state index contributed by atoms with van der Waals surface area (Å²) in [7, 11) is -3.26. The predicted molar refractivity (Wildman–Crippen MR) is 67.7 cm³/mol. The average molecular weight is 265 g/mol. The summed E-state index contributed by atoms with van der Waals surface area (Å²) in [6.45, 7) is 11.0. The van der Waals surface area contributed by atoms with Crippen molar-refractivity contribution in [2.45, 2.75) is 39.8 Å². The van der Waals surface area contributed by atoms with Gasteiger partial charge in [0.2, 0.25) is 0 Å². The second kappa shape index (κ2) is 4.72. The normalized spacial score (nSPS) is 29.2. The molecule has 2 saturated heterocycles. The Bertz CT molecular complexity index is 241. The molecule has 0 saturated carbocycles. The maximum atomic E-state index is 5.84. The fraction of sp³-hybridized carbons (Fsp3) is 1.00. The van der Waals surface area contributed by atoms with E-state index in [-0.39, 0.29) is 0 Å². The van der Waals surface area contributed by atoms with E-state index in [0.29, 0.717) is 44.8 Å². The zero-order valence-electron chi connectivity index (χ0n) is 11.2. The Balaban J connectivity index is 2.18. The topological polar surface area (TPSA) is 40.2 Å². The Morgan fingerprint density at radius 3 is 1.47 bits per heavy atom. The molecule has 5 nitrogen and oxygen atoms in total. The molecule has 0 aromatic heterocycles. The first-order valence-electron chi connectivity index (χ1n) is 6.34. The quantitative estimate of drug-likeness (QED) is 0.730. The summed E-state index contributed by atoms with van der Waals surface area (Å²) >= 11 is 0. The molecule has 17 heavy (non-hydrogen) atoms. The average Bonchev–Trinajstić information content (AvgIpc) is 2.86. The van der Waals surface area contributed by atoms with Crippen LogP contribution in [0.25, 0.3) is 0 Å². The van der Waals surface area contributed by atoms with Gasteiger partial charge in [-0.05, 0) is 0 Å². The van der Waals surface area contributed by atoms with Crippen LogP contribution in [0.1, 0.15) is 27.7 Å². The van der Waals surface area contributed by atoms with E-state index < -0.39 is 7.51 Å². The minimum atomic E-state index is -3.26. The Labute approximate surface area is 104 Å². The summed E-state index contributed by atoms with van der Waals surface area (Å²) in [6, 6.07) is 0.819. The van der Waals surface area contributed by atoms with Crippen LogP contribution in [0.4, 0.5) is 0 Å². The molecule has 0 N–H and O–H groups in total. The van der Waals surface area contributed by atoms with Crippen LogP contribution in [0, 0.1) is 0 Å². The first-order valence-corrected chi connectivity index (χ1v) is 8.44. The zero-order chi connectivity index (χ0) is 12.5. The van der Waals surface area contributed by atoms with Crippen LogP contribution in [0.3, 0.4) is 0 Å². The molecule has 0 bridgehead atoms. The van der Waals surface area contributed by atoms with E-state index >= 15 is 0 Å². The van der Waals surface area contributed by atoms with Gasteiger partial charge in [-0.1, -0.05) is 0 Å². The summed E-state index contributed by atoms with van der Waals surface area (Å²) in [5, 5.41) is 0. The molecule has 102 valence electrons. The van der Waals surface area contributed by atoms with E-state index in [9.17, 15) is 0 Å². The molecule has 0 amide bonds. The van der Waals surface area contributed by atoms with Crippen LogP contribution >= 0.6 is 7.51 Å². The van der Waals surface area contributed by atoms with Gasteiger partial charge in [0.25, 0.3) is 0 Å². The van der Waals surface area contributed by atoms with Crippen LogP contribution in [0.15, 0.2) is 0 Å². The molecular formula is C11H24NO4P. The molecule has 0 aromatic rings. The molecule has 0 unspecified atom stereocenters. The third kappa shape index (κ3) is 2.50. The summed E-state index contributed by atoms with van der Waals surface area (Å²) in [5.74, 6) is 0. The first-order chi connectivity index (χ1) is 7.97. The molecule has 2 fully saturated rings. The van der Waals surface area contributed by atoms with E-state index in [2.05, 4.69) is 32.6 Å². The Morgan fingerprint density at radius 1 is 0.824 bits per heavy atom. The van der Waals surface area contributed by atoms with Gasteiger partial charge in [-0.3, -0.25) is 0 Å². The van der Waals surface area contributed by atoms with Crippen LogP contribution < -0.4 is 0 Å². The van der Waals surface area contributed by atoms with Crippen molar-refractivity contribution < 1.29 is 18.1 Å². The number of hydrogen-bond donors (Lipinski definition) is 0. The van der Waals surface area contributed by atoms with Gasteiger partial charge in [0, 0.05) is 0 Å². The third-order valence-corrected chi connectivity index (χ3v) is 6.76. The maximum absolute atomic E-state index is 5.84. The molecule has 2 rings (SSSR count). The van der Waals surface area contributed by atoms with Crippen molar-refractivity contribution in [1.29, 1.82) is 0 Å². The van der Waals surface area contributed by atoms with Gasteiger partial charge in [0.1, 0.15) is 0 Å². The molecular weight excluding hydrogens is 241 g/mol. The Morgan fingerprint density at radius 2 is 1.18 bits per heavy atom. The van der Waals surface area contributed by atoms with E-state index in [1.54, 1.807) is 0 Å². The molecule has 2 aliphatic rings. The third-order valence-electron chi connectivity index (χ3n) is 3.25. The van der Waals surface area contributed by atoms with Crippen molar-refractivity contribution in [2.24, 2.45) is 0 Å². The predicted octanol–water partition coefficient (Wildman–Crippen LogP) is 2.37. The molecule has 0 aromatic carbocycles. The van der Waals surface area contributed by atoms with Gasteiger partial charge in [-0.2, -0.15) is 0 Å². The number of hydrogen-bond acceptors (Lipinski definition) is 5. The van der Waals surface area contributed by atoms with Gasteiger partial charge in [-0.25, -0.2) is 0 Å². The summed E-state index contributed by atoms with van der Waals surface area (Å²) in [4.78, 5) is 2.31. The second-order valence-corrected chi connectivity index (χ2v) is 8.38. The van der Waals surface area contributed by atoms with Gasteiger partial charge >= 0.3 is 103 Å².